The largest absolute Gasteiger partial charge is 0.394 e. The number of anilines is 1. The molecule has 1 aromatic rings. The molecule has 3 heterocycles. The van der Waals surface area contributed by atoms with Crippen molar-refractivity contribution < 1.29 is 14.9 Å². The van der Waals surface area contributed by atoms with Gasteiger partial charge < -0.3 is 19.8 Å². The van der Waals surface area contributed by atoms with E-state index in [0.29, 0.717) is 0 Å². The topological polar surface area (TPSA) is 87.8 Å². The highest BCUT2D eigenvalue weighted by Crippen LogP contribution is 2.28. The first-order chi connectivity index (χ1) is 11.6. The molecule has 0 bridgehead atoms. The molecule has 7 nitrogen and oxygen atoms in total. The molecule has 0 radical (unpaired) electrons. The lowest BCUT2D eigenvalue weighted by Crippen LogP contribution is -2.34. The molecule has 0 unspecified atom stereocenters. The Kier molecular flexibility index (Phi) is 5.53. The third-order valence-corrected chi connectivity index (χ3v) is 4.96. The quantitative estimate of drug-likeness (QED) is 0.854. The van der Waals surface area contributed by atoms with Crippen LogP contribution in [0.2, 0.25) is 0 Å². The van der Waals surface area contributed by atoms with E-state index in [4.69, 9.17) is 4.74 Å². The lowest BCUT2D eigenvalue weighted by Gasteiger charge is -2.27. The van der Waals surface area contributed by atoms with Crippen molar-refractivity contribution in [1.82, 2.24) is 9.55 Å². The minimum atomic E-state index is -0.763. The van der Waals surface area contributed by atoms with Crippen LogP contribution in [0.1, 0.15) is 50.3 Å². The minimum absolute atomic E-state index is 0.259. The third-order valence-electron chi connectivity index (χ3n) is 4.96. The summed E-state index contributed by atoms with van der Waals surface area (Å²) in [6.45, 7) is 3.56. The Bertz CT molecular complexity index is 610. The van der Waals surface area contributed by atoms with Crippen molar-refractivity contribution in [3.05, 3.63) is 22.2 Å². The zero-order chi connectivity index (χ0) is 17.1. The van der Waals surface area contributed by atoms with Gasteiger partial charge in [0.2, 0.25) is 0 Å². The predicted octanol–water partition coefficient (Wildman–Crippen LogP) is 0.963. The number of rotatable bonds is 3. The van der Waals surface area contributed by atoms with E-state index in [1.54, 1.807) is 6.20 Å². The Morgan fingerprint density at radius 1 is 1.25 bits per heavy atom. The summed E-state index contributed by atoms with van der Waals surface area (Å²) in [7, 11) is 0. The van der Waals surface area contributed by atoms with Crippen LogP contribution in [0, 0.1) is 6.92 Å². The van der Waals surface area contributed by atoms with Gasteiger partial charge in [-0.3, -0.25) is 4.57 Å². The summed E-state index contributed by atoms with van der Waals surface area (Å²) in [6.07, 6.45) is 6.06. The van der Waals surface area contributed by atoms with E-state index >= 15 is 0 Å². The molecule has 2 aliphatic rings. The van der Waals surface area contributed by atoms with E-state index < -0.39 is 18.4 Å². The van der Waals surface area contributed by atoms with E-state index in [1.165, 1.54) is 23.8 Å². The van der Waals surface area contributed by atoms with Crippen LogP contribution in [0.15, 0.2) is 11.0 Å². The van der Waals surface area contributed by atoms with E-state index in [2.05, 4.69) is 9.88 Å². The molecule has 0 aliphatic carbocycles. The summed E-state index contributed by atoms with van der Waals surface area (Å²) in [6, 6.07) is 0. The van der Waals surface area contributed by atoms with E-state index in [9.17, 15) is 15.0 Å². The summed E-state index contributed by atoms with van der Waals surface area (Å²) in [5.41, 5.74) is 0.564. The number of aliphatic hydroxyl groups is 2. The van der Waals surface area contributed by atoms with Crippen LogP contribution in [0.5, 0.6) is 0 Å². The van der Waals surface area contributed by atoms with Crippen molar-refractivity contribution >= 4 is 5.82 Å². The molecule has 24 heavy (non-hydrogen) atoms. The summed E-state index contributed by atoms with van der Waals surface area (Å²) in [5, 5.41) is 19.1. The third kappa shape index (κ3) is 3.63. The molecule has 2 fully saturated rings. The molecule has 3 atom stereocenters. The van der Waals surface area contributed by atoms with Crippen LogP contribution in [-0.2, 0) is 4.74 Å². The second kappa shape index (κ2) is 7.63. The standard InChI is InChI=1S/C17H27N3O4/c1-12-10-20(15-9-13(22)14(11-21)24-15)17(23)18-16(12)19-7-5-3-2-4-6-8-19/h10,13-15,21-22H,2-9,11H2,1H3/t13-,14-,15-/m0/s1. The van der Waals surface area contributed by atoms with Gasteiger partial charge in [-0.15, -0.1) is 0 Å². The summed E-state index contributed by atoms with van der Waals surface area (Å²) in [4.78, 5) is 19.0. The maximum Gasteiger partial charge on any atom is 0.351 e. The Hall–Kier alpha value is -1.44. The van der Waals surface area contributed by atoms with Crippen LogP contribution >= 0.6 is 0 Å². The molecule has 2 saturated heterocycles. The lowest BCUT2D eigenvalue weighted by molar-refractivity contribution is -0.0459. The zero-order valence-electron chi connectivity index (χ0n) is 14.2. The van der Waals surface area contributed by atoms with Crippen LogP contribution in [0.25, 0.3) is 0 Å². The van der Waals surface area contributed by atoms with Gasteiger partial charge in [-0.25, -0.2) is 4.79 Å². The van der Waals surface area contributed by atoms with Gasteiger partial charge in [-0.2, -0.15) is 4.98 Å². The van der Waals surface area contributed by atoms with Gasteiger partial charge in [-0.1, -0.05) is 19.3 Å². The van der Waals surface area contributed by atoms with Crippen molar-refractivity contribution in [3.8, 4) is 0 Å². The van der Waals surface area contributed by atoms with Crippen LogP contribution < -0.4 is 10.6 Å². The molecular formula is C17H27N3O4. The molecule has 0 spiro atoms. The van der Waals surface area contributed by atoms with Crippen molar-refractivity contribution in [1.29, 1.82) is 0 Å². The van der Waals surface area contributed by atoms with Crippen molar-refractivity contribution in [2.45, 2.75) is 63.9 Å². The van der Waals surface area contributed by atoms with Crippen LogP contribution in [0.3, 0.4) is 0 Å². The Morgan fingerprint density at radius 3 is 2.54 bits per heavy atom. The molecule has 7 heteroatoms. The van der Waals surface area contributed by atoms with E-state index in [-0.39, 0.29) is 18.7 Å². The van der Waals surface area contributed by atoms with Crippen molar-refractivity contribution in [2.75, 3.05) is 24.6 Å². The Balaban J connectivity index is 1.82. The fraction of sp³-hybridized carbons (Fsp3) is 0.765. The smallest absolute Gasteiger partial charge is 0.351 e. The van der Waals surface area contributed by atoms with Gasteiger partial charge in [0.25, 0.3) is 0 Å². The fourth-order valence-corrected chi connectivity index (χ4v) is 3.59. The number of hydrogen-bond donors (Lipinski definition) is 2. The highest BCUT2D eigenvalue weighted by molar-refractivity contribution is 5.44. The number of aliphatic hydroxyl groups excluding tert-OH is 2. The molecule has 2 N–H and O–H groups in total. The lowest BCUT2D eigenvalue weighted by atomic mass is 10.1. The van der Waals surface area contributed by atoms with E-state index in [1.807, 2.05) is 6.92 Å². The average molecular weight is 337 g/mol. The monoisotopic (exact) mass is 337 g/mol. The zero-order valence-corrected chi connectivity index (χ0v) is 14.2. The SMILES string of the molecule is Cc1cn([C@@H]2C[C@H](O)[C@H](CO)O2)c(=O)nc1N1CCCCCCC1. The van der Waals surface area contributed by atoms with Gasteiger partial charge in [0.15, 0.2) is 0 Å². The number of ether oxygens (including phenoxy) is 1. The van der Waals surface area contributed by atoms with Crippen molar-refractivity contribution in [3.63, 3.8) is 0 Å². The van der Waals surface area contributed by atoms with Gasteiger partial charge in [0.05, 0.1) is 12.7 Å². The molecule has 2 aliphatic heterocycles. The van der Waals surface area contributed by atoms with Gasteiger partial charge in [-0.05, 0) is 19.8 Å². The maximum absolute atomic E-state index is 12.5. The molecule has 134 valence electrons. The molecule has 0 saturated carbocycles. The fourth-order valence-electron chi connectivity index (χ4n) is 3.59. The number of aryl methyl sites for hydroxylation is 1. The highest BCUT2D eigenvalue weighted by atomic mass is 16.5. The molecule has 0 amide bonds. The first-order valence-electron chi connectivity index (χ1n) is 8.89. The number of hydrogen-bond acceptors (Lipinski definition) is 6. The number of nitrogens with zero attached hydrogens (tertiary/aromatic N) is 3. The van der Waals surface area contributed by atoms with Gasteiger partial charge in [0.1, 0.15) is 18.1 Å². The summed E-state index contributed by atoms with van der Waals surface area (Å²) < 4.78 is 7.01. The van der Waals surface area contributed by atoms with Crippen LogP contribution in [-0.4, -0.2) is 51.7 Å². The predicted molar refractivity (Wildman–Crippen MR) is 90.2 cm³/mol. The maximum atomic E-state index is 12.5. The summed E-state index contributed by atoms with van der Waals surface area (Å²) in [5.74, 6) is 0.760. The minimum Gasteiger partial charge on any atom is -0.394 e. The molecular weight excluding hydrogens is 310 g/mol. The second-order valence-corrected chi connectivity index (χ2v) is 6.81. The Labute approximate surface area is 141 Å². The molecule has 3 rings (SSSR count). The van der Waals surface area contributed by atoms with E-state index in [0.717, 1.165) is 37.3 Å². The van der Waals surface area contributed by atoms with Crippen LogP contribution in [0.4, 0.5) is 5.82 Å². The molecule has 0 aromatic carbocycles. The molecule has 1 aromatic heterocycles. The Morgan fingerprint density at radius 2 is 1.92 bits per heavy atom. The second-order valence-electron chi connectivity index (χ2n) is 6.81. The normalized spacial score (nSPS) is 28.6. The number of aromatic nitrogens is 2. The highest BCUT2D eigenvalue weighted by Gasteiger charge is 2.35. The van der Waals surface area contributed by atoms with Gasteiger partial charge in [0, 0.05) is 31.3 Å². The first kappa shape index (κ1) is 17.4. The van der Waals surface area contributed by atoms with Crippen molar-refractivity contribution in [2.24, 2.45) is 0 Å². The summed E-state index contributed by atoms with van der Waals surface area (Å²) >= 11 is 0. The van der Waals surface area contributed by atoms with Gasteiger partial charge >= 0.3 is 5.69 Å². The first-order valence-corrected chi connectivity index (χ1v) is 8.89. The average Bonchev–Trinajstić information content (AvgIpc) is 2.90.